The third-order valence-corrected chi connectivity index (χ3v) is 5.99. The number of nitrogens with one attached hydrogen (secondary N) is 1. The fourth-order valence-corrected chi connectivity index (χ4v) is 4.51. The van der Waals surface area contributed by atoms with Gasteiger partial charge in [-0.15, -0.1) is 0 Å². The molecule has 3 atom stereocenters. The van der Waals surface area contributed by atoms with Crippen LogP contribution in [-0.2, 0) is 0 Å². The highest BCUT2D eigenvalue weighted by Crippen LogP contribution is 2.38. The lowest BCUT2D eigenvalue weighted by Gasteiger charge is -2.32. The summed E-state index contributed by atoms with van der Waals surface area (Å²) in [6.45, 7) is 6.37. The number of fused-ring (bicyclic) bond motifs is 1. The van der Waals surface area contributed by atoms with E-state index in [1.807, 2.05) is 12.1 Å². The molecule has 0 spiro atoms. The summed E-state index contributed by atoms with van der Waals surface area (Å²) in [5.74, 6) is 0.844. The normalized spacial score (nSPS) is 21.8. The molecule has 4 rings (SSSR count). The van der Waals surface area contributed by atoms with Crippen molar-refractivity contribution in [3.63, 3.8) is 0 Å². The highest BCUT2D eigenvalue weighted by atomic mass is 16.3. The Morgan fingerprint density at radius 1 is 1.27 bits per heavy atom. The number of hydrogen-bond donors (Lipinski definition) is 3. The number of carbonyl (C=O) groups excluding carboxylic acids is 1. The second kappa shape index (κ2) is 8.07. The van der Waals surface area contributed by atoms with E-state index in [9.17, 15) is 4.79 Å². The first-order valence-corrected chi connectivity index (χ1v) is 10.5. The van der Waals surface area contributed by atoms with Crippen molar-refractivity contribution in [3.05, 3.63) is 47.4 Å². The summed E-state index contributed by atoms with van der Waals surface area (Å²) in [5, 5.41) is 2.99. The molecule has 7 nitrogen and oxygen atoms in total. The zero-order chi connectivity index (χ0) is 21.4. The summed E-state index contributed by atoms with van der Waals surface area (Å²) in [6, 6.07) is 4.03. The summed E-state index contributed by atoms with van der Waals surface area (Å²) < 4.78 is 5.65. The van der Waals surface area contributed by atoms with Crippen molar-refractivity contribution in [2.75, 3.05) is 11.1 Å². The lowest BCUT2D eigenvalue weighted by molar-refractivity contribution is 0.102. The smallest absolute Gasteiger partial charge is 0.263 e. The van der Waals surface area contributed by atoms with Crippen LogP contribution in [0.5, 0.6) is 0 Å². The average molecular weight is 408 g/mol. The Morgan fingerprint density at radius 2 is 2.07 bits per heavy atom. The third-order valence-electron chi connectivity index (χ3n) is 5.99. The van der Waals surface area contributed by atoms with E-state index in [2.05, 4.69) is 36.1 Å². The van der Waals surface area contributed by atoms with Crippen molar-refractivity contribution in [1.29, 1.82) is 0 Å². The van der Waals surface area contributed by atoms with Crippen molar-refractivity contribution in [3.8, 4) is 0 Å². The van der Waals surface area contributed by atoms with E-state index in [4.69, 9.17) is 15.9 Å². The van der Waals surface area contributed by atoms with E-state index in [0.29, 0.717) is 28.6 Å². The molecule has 158 valence electrons. The minimum absolute atomic E-state index is 0.0645. The number of nitrogen functional groups attached to an aromatic ring is 1. The van der Waals surface area contributed by atoms with Gasteiger partial charge in [0.1, 0.15) is 11.1 Å². The van der Waals surface area contributed by atoms with Crippen LogP contribution in [0.3, 0.4) is 0 Å². The summed E-state index contributed by atoms with van der Waals surface area (Å²) in [7, 11) is 0. The molecule has 5 N–H and O–H groups in total. The SMILES string of the molecule is CC(C)c1cnc2c(C(=O)Nc3cnccc3[C@@H]3C[C@H](C)C[C@@H](N)C3)c(N)oc2c1. The van der Waals surface area contributed by atoms with Gasteiger partial charge in [0.05, 0.1) is 11.9 Å². The Balaban J connectivity index is 1.65. The summed E-state index contributed by atoms with van der Waals surface area (Å²) in [5.41, 5.74) is 16.3. The molecule has 1 aliphatic carbocycles. The Hall–Kier alpha value is -2.93. The maximum Gasteiger partial charge on any atom is 0.263 e. The molecule has 1 saturated carbocycles. The first kappa shape index (κ1) is 20.3. The average Bonchev–Trinajstić information content (AvgIpc) is 3.02. The van der Waals surface area contributed by atoms with Gasteiger partial charge in [-0.1, -0.05) is 20.8 Å². The van der Waals surface area contributed by atoms with Gasteiger partial charge in [-0.3, -0.25) is 14.8 Å². The maximum atomic E-state index is 13.1. The van der Waals surface area contributed by atoms with Gasteiger partial charge in [0.2, 0.25) is 5.88 Å². The number of hydrogen-bond acceptors (Lipinski definition) is 6. The second-order valence-electron chi connectivity index (χ2n) is 8.80. The number of carbonyl (C=O) groups is 1. The number of aromatic nitrogens is 2. The minimum Gasteiger partial charge on any atom is -0.438 e. The van der Waals surface area contributed by atoms with Gasteiger partial charge >= 0.3 is 0 Å². The number of furan rings is 1. The highest BCUT2D eigenvalue weighted by molar-refractivity contribution is 6.14. The van der Waals surface area contributed by atoms with E-state index < -0.39 is 0 Å². The van der Waals surface area contributed by atoms with Gasteiger partial charge in [0.25, 0.3) is 5.91 Å². The van der Waals surface area contributed by atoms with Gasteiger partial charge in [0.15, 0.2) is 5.58 Å². The number of pyridine rings is 2. The first-order chi connectivity index (χ1) is 14.3. The molecule has 0 radical (unpaired) electrons. The highest BCUT2D eigenvalue weighted by Gasteiger charge is 2.28. The van der Waals surface area contributed by atoms with Gasteiger partial charge in [-0.25, -0.2) is 0 Å². The van der Waals surface area contributed by atoms with Crippen LogP contribution in [0.15, 0.2) is 35.1 Å². The maximum absolute atomic E-state index is 13.1. The number of amides is 1. The van der Waals surface area contributed by atoms with Crippen molar-refractivity contribution in [2.45, 2.75) is 57.9 Å². The fourth-order valence-electron chi connectivity index (χ4n) is 4.51. The Kier molecular flexibility index (Phi) is 5.47. The van der Waals surface area contributed by atoms with E-state index in [1.54, 1.807) is 18.6 Å². The van der Waals surface area contributed by atoms with E-state index in [1.165, 1.54) is 0 Å². The predicted molar refractivity (Wildman–Crippen MR) is 118 cm³/mol. The van der Waals surface area contributed by atoms with Crippen LogP contribution in [0.4, 0.5) is 11.6 Å². The standard InChI is InChI=1S/C23H29N5O2/c1-12(2)15-9-19-21(27-10-15)20(22(25)30-19)23(29)28-18-11-26-5-4-17(18)14-6-13(3)7-16(24)8-14/h4-5,9-14,16H,6-8,24-25H2,1-3H3,(H,28,29)/t13-,14+,16+/m0/s1. The Morgan fingerprint density at radius 3 is 2.80 bits per heavy atom. The minimum atomic E-state index is -0.349. The Labute approximate surface area is 176 Å². The van der Waals surface area contributed by atoms with Crippen molar-refractivity contribution in [1.82, 2.24) is 9.97 Å². The lowest BCUT2D eigenvalue weighted by Crippen LogP contribution is -2.31. The topological polar surface area (TPSA) is 120 Å². The van der Waals surface area contributed by atoms with Crippen molar-refractivity contribution in [2.24, 2.45) is 11.7 Å². The molecule has 7 heteroatoms. The van der Waals surface area contributed by atoms with Crippen LogP contribution in [0, 0.1) is 5.92 Å². The number of rotatable bonds is 4. The summed E-state index contributed by atoms with van der Waals surface area (Å²) >= 11 is 0. The largest absolute Gasteiger partial charge is 0.438 e. The molecule has 1 amide bonds. The number of nitrogens with zero attached hydrogens (tertiary/aromatic N) is 2. The third kappa shape index (κ3) is 3.89. The molecule has 3 aromatic heterocycles. The molecule has 3 aromatic rings. The lowest BCUT2D eigenvalue weighted by atomic mass is 9.76. The molecule has 3 heterocycles. The van der Waals surface area contributed by atoms with Gasteiger partial charge < -0.3 is 21.2 Å². The molecule has 0 unspecified atom stereocenters. The molecule has 1 aliphatic rings. The summed E-state index contributed by atoms with van der Waals surface area (Å²) in [4.78, 5) is 21.8. The molecule has 30 heavy (non-hydrogen) atoms. The van der Waals surface area contributed by atoms with Crippen LogP contribution in [0.1, 0.15) is 73.4 Å². The van der Waals surface area contributed by atoms with Gasteiger partial charge in [-0.05, 0) is 60.3 Å². The molecular weight excluding hydrogens is 378 g/mol. The molecule has 0 saturated heterocycles. The number of anilines is 2. The van der Waals surface area contributed by atoms with Crippen LogP contribution in [0.2, 0.25) is 0 Å². The quantitative estimate of drug-likeness (QED) is 0.589. The zero-order valence-electron chi connectivity index (χ0n) is 17.7. The molecule has 0 bridgehead atoms. The van der Waals surface area contributed by atoms with E-state index in [-0.39, 0.29) is 29.3 Å². The van der Waals surface area contributed by atoms with E-state index in [0.717, 1.165) is 30.4 Å². The predicted octanol–water partition coefficient (Wildman–Crippen LogP) is 4.41. The molecular formula is C23H29N5O2. The fraction of sp³-hybridized carbons (Fsp3) is 0.435. The van der Waals surface area contributed by atoms with E-state index >= 15 is 0 Å². The zero-order valence-corrected chi connectivity index (χ0v) is 17.7. The first-order valence-electron chi connectivity index (χ1n) is 10.5. The van der Waals surface area contributed by atoms with Crippen LogP contribution in [-0.4, -0.2) is 21.9 Å². The summed E-state index contributed by atoms with van der Waals surface area (Å²) in [6.07, 6.45) is 8.17. The van der Waals surface area contributed by atoms with Gasteiger partial charge in [0, 0.05) is 18.4 Å². The monoisotopic (exact) mass is 407 g/mol. The van der Waals surface area contributed by atoms with Crippen molar-refractivity contribution < 1.29 is 9.21 Å². The Bertz CT molecular complexity index is 1060. The van der Waals surface area contributed by atoms with Crippen LogP contribution < -0.4 is 16.8 Å². The number of nitrogens with two attached hydrogens (primary N) is 2. The molecule has 0 aliphatic heterocycles. The molecule has 0 aromatic carbocycles. The second-order valence-corrected chi connectivity index (χ2v) is 8.80. The van der Waals surface area contributed by atoms with Gasteiger partial charge in [-0.2, -0.15) is 0 Å². The molecule has 1 fully saturated rings. The van der Waals surface area contributed by atoms with Crippen LogP contribution >= 0.6 is 0 Å². The van der Waals surface area contributed by atoms with Crippen LogP contribution in [0.25, 0.3) is 11.1 Å². The van der Waals surface area contributed by atoms with Crippen molar-refractivity contribution >= 4 is 28.6 Å².